The molecule has 0 fully saturated rings. The number of aromatic nitrogens is 3. The van der Waals surface area contributed by atoms with E-state index >= 15 is 0 Å². The van der Waals surface area contributed by atoms with Crippen LogP contribution in [-0.4, -0.2) is 25.8 Å². The zero-order valence-corrected chi connectivity index (χ0v) is 12.9. The Morgan fingerprint density at radius 2 is 1.96 bits per heavy atom. The molecule has 0 saturated heterocycles. The van der Waals surface area contributed by atoms with Crippen molar-refractivity contribution in [1.29, 1.82) is 0 Å². The summed E-state index contributed by atoms with van der Waals surface area (Å²) < 4.78 is 1.60. The Morgan fingerprint density at radius 1 is 1.26 bits per heavy atom. The quantitative estimate of drug-likeness (QED) is 0.770. The molecule has 2 heterocycles. The van der Waals surface area contributed by atoms with E-state index in [1.165, 1.54) is 6.07 Å². The van der Waals surface area contributed by atoms with Gasteiger partial charge >= 0.3 is 5.97 Å². The summed E-state index contributed by atoms with van der Waals surface area (Å²) in [5.74, 6) is -1.11. The number of rotatable bonds is 3. The number of hydrogen-bond acceptors (Lipinski definition) is 4. The van der Waals surface area contributed by atoms with E-state index in [9.17, 15) is 9.90 Å². The third kappa shape index (κ3) is 2.89. The summed E-state index contributed by atoms with van der Waals surface area (Å²) in [6.45, 7) is 0. The van der Waals surface area contributed by atoms with Crippen LogP contribution in [0.3, 0.4) is 0 Å². The molecule has 2 aromatic heterocycles. The number of nitrogens with zero attached hydrogens (tertiary/aromatic N) is 3. The number of aromatic carboxylic acids is 1. The summed E-state index contributed by atoms with van der Waals surface area (Å²) >= 11 is 5.89. The highest BCUT2D eigenvalue weighted by Crippen LogP contribution is 2.31. The van der Waals surface area contributed by atoms with Crippen molar-refractivity contribution in [1.82, 2.24) is 14.8 Å². The highest BCUT2D eigenvalue weighted by molar-refractivity contribution is 6.30. The number of pyridine rings is 1. The molecule has 0 aliphatic carbocycles. The molecule has 116 valence electrons. The molecule has 6 nitrogen and oxygen atoms in total. The first-order valence-electron chi connectivity index (χ1n) is 6.74. The summed E-state index contributed by atoms with van der Waals surface area (Å²) in [5.41, 5.74) is 8.42. The molecule has 0 amide bonds. The minimum absolute atomic E-state index is 0.00352. The minimum Gasteiger partial charge on any atom is -0.478 e. The predicted molar refractivity (Wildman–Crippen MR) is 88.3 cm³/mol. The fourth-order valence-corrected chi connectivity index (χ4v) is 2.39. The first-order valence-corrected chi connectivity index (χ1v) is 7.12. The lowest BCUT2D eigenvalue weighted by Gasteiger charge is -2.10. The van der Waals surface area contributed by atoms with Crippen LogP contribution in [0, 0.1) is 0 Å². The van der Waals surface area contributed by atoms with Gasteiger partial charge in [0.15, 0.2) is 0 Å². The van der Waals surface area contributed by atoms with Gasteiger partial charge in [-0.2, -0.15) is 5.10 Å². The highest BCUT2D eigenvalue weighted by Gasteiger charge is 2.18. The molecule has 0 atom stereocenters. The van der Waals surface area contributed by atoms with Gasteiger partial charge in [0.25, 0.3) is 0 Å². The molecule has 0 spiro atoms. The number of benzene rings is 1. The van der Waals surface area contributed by atoms with Gasteiger partial charge in [0.2, 0.25) is 0 Å². The Bertz CT molecular complexity index is 888. The molecule has 0 aliphatic heterocycles. The highest BCUT2D eigenvalue weighted by atomic mass is 35.5. The number of anilines is 1. The lowest BCUT2D eigenvalue weighted by Crippen LogP contribution is -2.06. The van der Waals surface area contributed by atoms with Gasteiger partial charge in [0.05, 0.1) is 28.8 Å². The molecular weight excluding hydrogens is 316 g/mol. The lowest BCUT2D eigenvalue weighted by atomic mass is 10.0. The summed E-state index contributed by atoms with van der Waals surface area (Å²) in [6, 6.07) is 8.46. The largest absolute Gasteiger partial charge is 0.478 e. The molecular formula is C16H13ClN4O2. The Morgan fingerprint density at radius 3 is 2.52 bits per heavy atom. The van der Waals surface area contributed by atoms with Crippen LogP contribution >= 0.6 is 11.6 Å². The van der Waals surface area contributed by atoms with E-state index in [2.05, 4.69) is 10.1 Å². The molecule has 3 rings (SSSR count). The van der Waals surface area contributed by atoms with Crippen LogP contribution in [0.2, 0.25) is 5.02 Å². The van der Waals surface area contributed by atoms with Gasteiger partial charge in [-0.15, -0.1) is 0 Å². The number of aryl methyl sites for hydroxylation is 1. The van der Waals surface area contributed by atoms with Crippen LogP contribution in [0.25, 0.3) is 22.5 Å². The Kier molecular flexibility index (Phi) is 3.75. The van der Waals surface area contributed by atoms with Crippen LogP contribution in [0.15, 0.2) is 42.7 Å². The minimum atomic E-state index is -1.11. The molecule has 0 radical (unpaired) electrons. The van der Waals surface area contributed by atoms with E-state index in [1.54, 1.807) is 48.4 Å². The van der Waals surface area contributed by atoms with E-state index in [4.69, 9.17) is 17.3 Å². The van der Waals surface area contributed by atoms with Crippen LogP contribution in [0.4, 0.5) is 5.69 Å². The molecule has 1 aromatic carbocycles. The molecule has 0 saturated carbocycles. The Balaban J connectivity index is 2.23. The number of carbonyl (C=O) groups is 1. The van der Waals surface area contributed by atoms with Gasteiger partial charge in [-0.05, 0) is 18.2 Å². The van der Waals surface area contributed by atoms with Crippen molar-refractivity contribution >= 4 is 23.3 Å². The normalized spacial score (nSPS) is 10.7. The van der Waals surface area contributed by atoms with E-state index in [-0.39, 0.29) is 11.3 Å². The summed E-state index contributed by atoms with van der Waals surface area (Å²) in [7, 11) is 1.76. The number of carboxylic acids is 1. The molecule has 0 bridgehead atoms. The van der Waals surface area contributed by atoms with Crippen molar-refractivity contribution in [3.63, 3.8) is 0 Å². The smallest absolute Gasteiger partial charge is 0.337 e. The monoisotopic (exact) mass is 328 g/mol. The first kappa shape index (κ1) is 15.1. The lowest BCUT2D eigenvalue weighted by molar-refractivity contribution is 0.0698. The second-order valence-electron chi connectivity index (χ2n) is 5.03. The van der Waals surface area contributed by atoms with E-state index < -0.39 is 5.97 Å². The maximum Gasteiger partial charge on any atom is 0.337 e. The van der Waals surface area contributed by atoms with Gasteiger partial charge in [0, 0.05) is 29.4 Å². The second kappa shape index (κ2) is 5.73. The predicted octanol–water partition coefficient (Wildman–Crippen LogP) is 3.08. The van der Waals surface area contributed by atoms with Crippen molar-refractivity contribution in [2.45, 2.75) is 0 Å². The molecule has 23 heavy (non-hydrogen) atoms. The number of halogens is 1. The van der Waals surface area contributed by atoms with Crippen molar-refractivity contribution in [2.24, 2.45) is 7.05 Å². The second-order valence-corrected chi connectivity index (χ2v) is 5.47. The van der Waals surface area contributed by atoms with E-state index in [0.29, 0.717) is 22.0 Å². The molecule has 0 aliphatic rings. The number of hydrogen-bond donors (Lipinski definition) is 2. The molecule has 0 unspecified atom stereocenters. The van der Waals surface area contributed by atoms with Crippen LogP contribution in [0.1, 0.15) is 10.4 Å². The molecule has 3 N–H and O–H groups in total. The van der Waals surface area contributed by atoms with Crippen molar-refractivity contribution < 1.29 is 9.90 Å². The van der Waals surface area contributed by atoms with Crippen LogP contribution < -0.4 is 5.73 Å². The maximum atomic E-state index is 11.5. The standard InChI is InChI=1S/C16H13ClN4O2/c1-21-8-10(7-19-21)15-14(18)12(16(22)23)6-13(20-15)9-2-4-11(17)5-3-9/h2-8H,18H2,1H3,(H,22,23). The summed E-state index contributed by atoms with van der Waals surface area (Å²) in [4.78, 5) is 16.0. The average molecular weight is 329 g/mol. The third-order valence-corrected chi connectivity index (χ3v) is 3.66. The van der Waals surface area contributed by atoms with Gasteiger partial charge in [-0.25, -0.2) is 9.78 Å². The average Bonchev–Trinajstić information content (AvgIpc) is 2.94. The number of carboxylic acid groups (broad SMARTS) is 1. The van der Waals surface area contributed by atoms with E-state index in [1.807, 2.05) is 0 Å². The fourth-order valence-electron chi connectivity index (χ4n) is 2.26. The van der Waals surface area contributed by atoms with Gasteiger partial charge in [-0.3, -0.25) is 4.68 Å². The number of nitrogens with two attached hydrogens (primary N) is 1. The topological polar surface area (TPSA) is 94.0 Å². The van der Waals surface area contributed by atoms with Crippen molar-refractivity contribution in [2.75, 3.05) is 5.73 Å². The van der Waals surface area contributed by atoms with Crippen molar-refractivity contribution in [3.05, 3.63) is 53.3 Å². The number of nitrogen functional groups attached to an aromatic ring is 1. The summed E-state index contributed by atoms with van der Waals surface area (Å²) in [5, 5.41) is 14.1. The van der Waals surface area contributed by atoms with Crippen molar-refractivity contribution in [3.8, 4) is 22.5 Å². The van der Waals surface area contributed by atoms with Gasteiger partial charge in [-0.1, -0.05) is 23.7 Å². The zero-order valence-electron chi connectivity index (χ0n) is 12.2. The van der Waals surface area contributed by atoms with E-state index in [0.717, 1.165) is 5.56 Å². The zero-order chi connectivity index (χ0) is 16.6. The Labute approximate surface area is 137 Å². The van der Waals surface area contributed by atoms with Gasteiger partial charge in [0.1, 0.15) is 0 Å². The fraction of sp³-hybridized carbons (Fsp3) is 0.0625. The Hall–Kier alpha value is -2.86. The SMILES string of the molecule is Cn1cc(-c2nc(-c3ccc(Cl)cc3)cc(C(=O)O)c2N)cn1. The molecule has 7 heteroatoms. The van der Waals surface area contributed by atoms with Crippen LogP contribution in [-0.2, 0) is 7.05 Å². The first-order chi connectivity index (χ1) is 11.0. The third-order valence-electron chi connectivity index (χ3n) is 3.41. The summed E-state index contributed by atoms with van der Waals surface area (Å²) in [6.07, 6.45) is 3.33. The molecule has 3 aromatic rings. The van der Waals surface area contributed by atoms with Crippen LogP contribution in [0.5, 0.6) is 0 Å². The maximum absolute atomic E-state index is 11.5. The van der Waals surface area contributed by atoms with Gasteiger partial charge < -0.3 is 10.8 Å².